The van der Waals surface area contributed by atoms with E-state index < -0.39 is 6.03 Å². The quantitative estimate of drug-likeness (QED) is 0.583. The first-order chi connectivity index (χ1) is 6.63. The fourth-order valence-electron chi connectivity index (χ4n) is 0.964. The number of amides is 2. The summed E-state index contributed by atoms with van der Waals surface area (Å²) in [5.74, 6) is 0. The molecule has 14 heavy (non-hydrogen) atoms. The summed E-state index contributed by atoms with van der Waals surface area (Å²) in [5.41, 5.74) is 0.806. The van der Waals surface area contributed by atoms with Crippen LogP contribution >= 0.6 is 11.6 Å². The van der Waals surface area contributed by atoms with Crippen molar-refractivity contribution in [1.82, 2.24) is 10.4 Å². The molecule has 1 aromatic rings. The Balaban J connectivity index is 2.60. The lowest BCUT2D eigenvalue weighted by Gasteiger charge is -2.13. The van der Waals surface area contributed by atoms with Gasteiger partial charge in [-0.2, -0.15) is 0 Å². The second-order valence-corrected chi connectivity index (χ2v) is 3.18. The van der Waals surface area contributed by atoms with Crippen LogP contribution < -0.4 is 5.32 Å². The minimum atomic E-state index is -0.542. The molecule has 0 heterocycles. The molecule has 0 aliphatic heterocycles. The average molecular weight is 215 g/mol. The van der Waals surface area contributed by atoms with Gasteiger partial charge in [-0.25, -0.2) is 9.86 Å². The molecule has 0 aromatic heterocycles. The number of nitrogens with one attached hydrogen (secondary N) is 1. The van der Waals surface area contributed by atoms with Gasteiger partial charge < -0.3 is 5.32 Å². The van der Waals surface area contributed by atoms with Crippen LogP contribution in [-0.4, -0.2) is 23.3 Å². The topological polar surface area (TPSA) is 52.6 Å². The van der Waals surface area contributed by atoms with Crippen LogP contribution in [0.25, 0.3) is 0 Å². The molecular weight excluding hydrogens is 204 g/mol. The van der Waals surface area contributed by atoms with Gasteiger partial charge in [-0.3, -0.25) is 5.21 Å². The summed E-state index contributed by atoms with van der Waals surface area (Å²) in [7, 11) is 1.45. The van der Waals surface area contributed by atoms with Crippen LogP contribution in [0.15, 0.2) is 24.3 Å². The summed E-state index contributed by atoms with van der Waals surface area (Å²) < 4.78 is 0. The third-order valence-electron chi connectivity index (χ3n) is 1.69. The van der Waals surface area contributed by atoms with Crippen molar-refractivity contribution in [1.29, 1.82) is 0 Å². The molecule has 0 saturated heterocycles. The molecule has 1 aromatic carbocycles. The summed E-state index contributed by atoms with van der Waals surface area (Å²) in [5, 5.41) is 12.8. The Kier molecular flexibility index (Phi) is 3.73. The van der Waals surface area contributed by atoms with E-state index in [2.05, 4.69) is 5.32 Å². The van der Waals surface area contributed by atoms with E-state index >= 15 is 0 Å². The number of hydrogen-bond donors (Lipinski definition) is 2. The molecule has 4 nitrogen and oxygen atoms in total. The SMILES string of the molecule is CNC(=O)N(O)Cc1ccc(Cl)cc1. The van der Waals surface area contributed by atoms with Crippen molar-refractivity contribution in [2.45, 2.75) is 6.54 Å². The Labute approximate surface area is 87.0 Å². The van der Waals surface area contributed by atoms with E-state index in [9.17, 15) is 10.0 Å². The van der Waals surface area contributed by atoms with Crippen molar-refractivity contribution in [3.8, 4) is 0 Å². The van der Waals surface area contributed by atoms with Crippen molar-refractivity contribution in [3.63, 3.8) is 0 Å². The molecule has 0 fully saturated rings. The first-order valence-corrected chi connectivity index (χ1v) is 4.44. The summed E-state index contributed by atoms with van der Waals surface area (Å²) in [6, 6.07) is 6.35. The number of rotatable bonds is 2. The van der Waals surface area contributed by atoms with Crippen LogP contribution in [-0.2, 0) is 6.54 Å². The van der Waals surface area contributed by atoms with Gasteiger partial charge in [0, 0.05) is 12.1 Å². The van der Waals surface area contributed by atoms with Gasteiger partial charge >= 0.3 is 6.03 Å². The summed E-state index contributed by atoms with van der Waals surface area (Å²) in [6.45, 7) is 0.136. The zero-order chi connectivity index (χ0) is 10.6. The number of nitrogens with zero attached hydrogens (tertiary/aromatic N) is 1. The molecule has 0 aliphatic rings. The maximum atomic E-state index is 10.9. The van der Waals surface area contributed by atoms with Gasteiger partial charge in [-0.15, -0.1) is 0 Å². The van der Waals surface area contributed by atoms with E-state index in [0.717, 1.165) is 5.56 Å². The molecule has 0 atom stereocenters. The number of hydrogen-bond acceptors (Lipinski definition) is 2. The predicted molar refractivity (Wildman–Crippen MR) is 53.2 cm³/mol. The maximum Gasteiger partial charge on any atom is 0.341 e. The van der Waals surface area contributed by atoms with E-state index in [4.69, 9.17) is 11.6 Å². The van der Waals surface area contributed by atoms with Crippen molar-refractivity contribution >= 4 is 17.6 Å². The second kappa shape index (κ2) is 4.83. The Morgan fingerprint density at radius 2 is 2.07 bits per heavy atom. The minimum absolute atomic E-state index is 0.136. The largest absolute Gasteiger partial charge is 0.341 e. The molecule has 0 spiro atoms. The van der Waals surface area contributed by atoms with Gasteiger partial charge in [0.25, 0.3) is 0 Å². The third-order valence-corrected chi connectivity index (χ3v) is 1.95. The molecule has 0 radical (unpaired) electrons. The first-order valence-electron chi connectivity index (χ1n) is 4.06. The van der Waals surface area contributed by atoms with Crippen LogP contribution in [0.1, 0.15) is 5.56 Å². The fraction of sp³-hybridized carbons (Fsp3) is 0.222. The lowest BCUT2D eigenvalue weighted by molar-refractivity contribution is -0.0501. The van der Waals surface area contributed by atoms with Crippen molar-refractivity contribution in [3.05, 3.63) is 34.9 Å². The lowest BCUT2D eigenvalue weighted by atomic mass is 10.2. The Morgan fingerprint density at radius 3 is 2.57 bits per heavy atom. The van der Waals surface area contributed by atoms with Gasteiger partial charge in [-0.1, -0.05) is 23.7 Å². The van der Waals surface area contributed by atoms with Gasteiger partial charge in [0.1, 0.15) is 0 Å². The second-order valence-electron chi connectivity index (χ2n) is 2.74. The number of hydroxylamine groups is 2. The average Bonchev–Trinajstić information content (AvgIpc) is 2.20. The van der Waals surface area contributed by atoms with Crippen LogP contribution in [0.2, 0.25) is 5.02 Å². The smallest absolute Gasteiger partial charge is 0.339 e. The Hall–Kier alpha value is -1.26. The van der Waals surface area contributed by atoms with Crippen LogP contribution in [0.3, 0.4) is 0 Å². The van der Waals surface area contributed by atoms with Gasteiger partial charge in [0.05, 0.1) is 6.54 Å². The van der Waals surface area contributed by atoms with E-state index in [1.54, 1.807) is 24.3 Å². The van der Waals surface area contributed by atoms with Gasteiger partial charge in [0.15, 0.2) is 0 Å². The van der Waals surface area contributed by atoms with E-state index in [0.29, 0.717) is 10.1 Å². The summed E-state index contributed by atoms with van der Waals surface area (Å²) >= 11 is 5.68. The van der Waals surface area contributed by atoms with Crippen LogP contribution in [0.4, 0.5) is 4.79 Å². The number of carbonyl (C=O) groups is 1. The molecule has 0 saturated carbocycles. The first kappa shape index (κ1) is 10.8. The van der Waals surface area contributed by atoms with E-state index in [-0.39, 0.29) is 6.54 Å². The van der Waals surface area contributed by atoms with Crippen molar-refractivity contribution in [2.75, 3.05) is 7.05 Å². The molecule has 0 bridgehead atoms. The van der Waals surface area contributed by atoms with Crippen molar-refractivity contribution in [2.24, 2.45) is 0 Å². The van der Waals surface area contributed by atoms with Crippen LogP contribution in [0, 0.1) is 0 Å². The fourth-order valence-corrected chi connectivity index (χ4v) is 1.09. The predicted octanol–water partition coefficient (Wildman–Crippen LogP) is 1.87. The molecule has 0 unspecified atom stereocenters. The Bertz CT molecular complexity index is 313. The van der Waals surface area contributed by atoms with Gasteiger partial charge in [-0.05, 0) is 17.7 Å². The van der Waals surface area contributed by atoms with Crippen LogP contribution in [0.5, 0.6) is 0 Å². The highest BCUT2D eigenvalue weighted by atomic mass is 35.5. The van der Waals surface area contributed by atoms with E-state index in [1.807, 2.05) is 0 Å². The zero-order valence-corrected chi connectivity index (χ0v) is 8.45. The third kappa shape index (κ3) is 2.90. The maximum absolute atomic E-state index is 10.9. The molecule has 2 N–H and O–H groups in total. The van der Waals surface area contributed by atoms with Gasteiger partial charge in [0.2, 0.25) is 0 Å². The summed E-state index contributed by atoms with van der Waals surface area (Å²) in [4.78, 5) is 10.9. The lowest BCUT2D eigenvalue weighted by Crippen LogP contribution is -2.34. The number of benzene rings is 1. The standard InChI is InChI=1S/C9H11ClN2O2/c1-11-9(13)12(14)6-7-2-4-8(10)5-3-7/h2-5,14H,6H2,1H3,(H,11,13). The molecule has 0 aliphatic carbocycles. The highest BCUT2D eigenvalue weighted by molar-refractivity contribution is 6.30. The Morgan fingerprint density at radius 1 is 1.50 bits per heavy atom. The molecular formula is C9H11ClN2O2. The molecule has 2 amide bonds. The van der Waals surface area contributed by atoms with E-state index in [1.165, 1.54) is 7.05 Å². The minimum Gasteiger partial charge on any atom is -0.339 e. The summed E-state index contributed by atoms with van der Waals surface area (Å²) in [6.07, 6.45) is 0. The molecule has 76 valence electrons. The van der Waals surface area contributed by atoms with Crippen molar-refractivity contribution < 1.29 is 10.0 Å². The number of urea groups is 1. The highest BCUT2D eigenvalue weighted by Gasteiger charge is 2.07. The highest BCUT2D eigenvalue weighted by Crippen LogP contribution is 2.10. The molecule has 5 heteroatoms. The normalized spacial score (nSPS) is 9.64. The monoisotopic (exact) mass is 214 g/mol. The zero-order valence-electron chi connectivity index (χ0n) is 7.70. The number of halogens is 1. The molecule has 1 rings (SSSR count). The number of carbonyl (C=O) groups excluding carboxylic acids is 1.